The van der Waals surface area contributed by atoms with Gasteiger partial charge in [-0.15, -0.1) is 10.2 Å². The fraction of sp³-hybridized carbons (Fsp3) is 0.467. The number of benzene rings is 1. The zero-order valence-electron chi connectivity index (χ0n) is 12.5. The van der Waals surface area contributed by atoms with E-state index in [2.05, 4.69) is 35.4 Å². The van der Waals surface area contributed by atoms with E-state index in [1.54, 1.807) is 13.4 Å². The van der Waals surface area contributed by atoms with Gasteiger partial charge in [-0.25, -0.2) is 0 Å². The summed E-state index contributed by atoms with van der Waals surface area (Å²) in [4.78, 5) is 0. The van der Waals surface area contributed by atoms with Gasteiger partial charge in [-0.2, -0.15) is 0 Å². The van der Waals surface area contributed by atoms with Crippen LogP contribution in [0.25, 0.3) is 0 Å². The quantitative estimate of drug-likeness (QED) is 0.879. The highest BCUT2D eigenvalue weighted by atomic mass is 16.5. The molecule has 2 unspecified atom stereocenters. The van der Waals surface area contributed by atoms with Gasteiger partial charge in [-0.05, 0) is 19.4 Å². The normalized spacial score (nSPS) is 14.0. The van der Waals surface area contributed by atoms with Crippen LogP contribution in [0, 0.1) is 0 Å². The van der Waals surface area contributed by atoms with Crippen molar-refractivity contribution in [3.05, 3.63) is 42.0 Å². The lowest BCUT2D eigenvalue weighted by molar-refractivity contribution is 0.384. The molecule has 1 N–H and O–H groups in total. The molecule has 0 aliphatic rings. The number of para-hydroxylation sites is 1. The monoisotopic (exact) mass is 274 g/mol. The first kappa shape index (κ1) is 14.5. The smallest absolute Gasteiger partial charge is 0.149 e. The van der Waals surface area contributed by atoms with Gasteiger partial charge in [0.2, 0.25) is 0 Å². The van der Waals surface area contributed by atoms with E-state index in [4.69, 9.17) is 4.74 Å². The van der Waals surface area contributed by atoms with Gasteiger partial charge >= 0.3 is 0 Å². The van der Waals surface area contributed by atoms with Crippen LogP contribution in [-0.2, 0) is 7.05 Å². The highest BCUT2D eigenvalue weighted by Crippen LogP contribution is 2.28. The highest BCUT2D eigenvalue weighted by molar-refractivity contribution is 5.35. The van der Waals surface area contributed by atoms with Crippen LogP contribution < -0.4 is 10.1 Å². The Balaban J connectivity index is 2.19. The standard InChI is InChI=1S/C15H22N4O/c1-5-13(12-8-6-7-9-14(12)20-4)17-11(2)15-18-16-10-19(15)3/h6-11,13,17H,5H2,1-4H3. The van der Waals surface area contributed by atoms with E-state index in [9.17, 15) is 0 Å². The van der Waals surface area contributed by atoms with E-state index >= 15 is 0 Å². The molecule has 0 fully saturated rings. The van der Waals surface area contributed by atoms with Crippen molar-refractivity contribution in [1.29, 1.82) is 0 Å². The molecule has 108 valence electrons. The van der Waals surface area contributed by atoms with Crippen molar-refractivity contribution >= 4 is 0 Å². The summed E-state index contributed by atoms with van der Waals surface area (Å²) in [5.41, 5.74) is 1.17. The zero-order chi connectivity index (χ0) is 14.5. The predicted octanol–water partition coefficient (Wildman–Crippen LogP) is 2.63. The summed E-state index contributed by atoms with van der Waals surface area (Å²) in [5, 5.41) is 11.7. The second-order valence-electron chi connectivity index (χ2n) is 4.89. The molecule has 20 heavy (non-hydrogen) atoms. The summed E-state index contributed by atoms with van der Waals surface area (Å²) in [7, 11) is 3.66. The molecule has 0 aliphatic carbocycles. The summed E-state index contributed by atoms with van der Waals surface area (Å²) in [6.07, 6.45) is 2.69. The maximum absolute atomic E-state index is 5.45. The molecule has 2 rings (SSSR count). The van der Waals surface area contributed by atoms with E-state index in [1.807, 2.05) is 29.8 Å². The predicted molar refractivity (Wildman–Crippen MR) is 78.6 cm³/mol. The Morgan fingerprint density at radius 1 is 1.35 bits per heavy atom. The van der Waals surface area contributed by atoms with Crippen molar-refractivity contribution in [2.24, 2.45) is 7.05 Å². The zero-order valence-corrected chi connectivity index (χ0v) is 12.5. The van der Waals surface area contributed by atoms with Crippen molar-refractivity contribution < 1.29 is 4.74 Å². The Morgan fingerprint density at radius 3 is 2.70 bits per heavy atom. The maximum Gasteiger partial charge on any atom is 0.149 e. The molecule has 0 amide bonds. The topological polar surface area (TPSA) is 52.0 Å². The first-order valence-corrected chi connectivity index (χ1v) is 6.90. The fourth-order valence-electron chi connectivity index (χ4n) is 2.44. The number of aryl methyl sites for hydroxylation is 1. The first-order chi connectivity index (χ1) is 9.67. The summed E-state index contributed by atoms with van der Waals surface area (Å²) in [6.45, 7) is 4.26. The summed E-state index contributed by atoms with van der Waals surface area (Å²) < 4.78 is 7.39. The summed E-state index contributed by atoms with van der Waals surface area (Å²) in [6, 6.07) is 8.46. The number of nitrogens with zero attached hydrogens (tertiary/aromatic N) is 3. The number of hydrogen-bond acceptors (Lipinski definition) is 4. The van der Waals surface area contributed by atoms with E-state index in [-0.39, 0.29) is 12.1 Å². The van der Waals surface area contributed by atoms with Gasteiger partial charge in [-0.3, -0.25) is 0 Å². The number of ether oxygens (including phenoxy) is 1. The van der Waals surface area contributed by atoms with Crippen LogP contribution in [0.4, 0.5) is 0 Å². The molecule has 1 aromatic heterocycles. The summed E-state index contributed by atoms with van der Waals surface area (Å²) in [5.74, 6) is 1.84. The van der Waals surface area contributed by atoms with Gasteiger partial charge in [0.15, 0.2) is 0 Å². The van der Waals surface area contributed by atoms with E-state index < -0.39 is 0 Å². The first-order valence-electron chi connectivity index (χ1n) is 6.90. The van der Waals surface area contributed by atoms with Crippen LogP contribution in [0.15, 0.2) is 30.6 Å². The third-order valence-corrected chi connectivity index (χ3v) is 3.51. The molecular formula is C15H22N4O. The number of nitrogens with one attached hydrogen (secondary N) is 1. The number of rotatable bonds is 6. The number of aromatic nitrogens is 3. The van der Waals surface area contributed by atoms with Crippen LogP contribution in [0.5, 0.6) is 5.75 Å². The molecule has 0 saturated heterocycles. The molecule has 2 atom stereocenters. The van der Waals surface area contributed by atoms with Gasteiger partial charge in [0.05, 0.1) is 13.2 Å². The SMILES string of the molecule is CCC(NC(C)c1nncn1C)c1ccccc1OC. The van der Waals surface area contributed by atoms with Crippen molar-refractivity contribution in [2.75, 3.05) is 7.11 Å². The Labute approximate surface area is 120 Å². The van der Waals surface area contributed by atoms with Crippen LogP contribution in [0.2, 0.25) is 0 Å². The van der Waals surface area contributed by atoms with Crippen LogP contribution in [0.3, 0.4) is 0 Å². The van der Waals surface area contributed by atoms with E-state index in [0.717, 1.165) is 18.0 Å². The van der Waals surface area contributed by atoms with Crippen molar-refractivity contribution in [3.63, 3.8) is 0 Å². The fourth-order valence-corrected chi connectivity index (χ4v) is 2.44. The van der Waals surface area contributed by atoms with Crippen LogP contribution in [0.1, 0.15) is 43.7 Å². The molecule has 5 nitrogen and oxygen atoms in total. The molecule has 1 aromatic carbocycles. The molecule has 0 radical (unpaired) electrons. The van der Waals surface area contributed by atoms with Crippen LogP contribution >= 0.6 is 0 Å². The third kappa shape index (κ3) is 2.99. The molecule has 0 saturated carbocycles. The molecular weight excluding hydrogens is 252 g/mol. The second kappa shape index (κ2) is 6.52. The van der Waals surface area contributed by atoms with Gasteiger partial charge in [-0.1, -0.05) is 25.1 Å². The summed E-state index contributed by atoms with van der Waals surface area (Å²) >= 11 is 0. The molecule has 0 aliphatic heterocycles. The highest BCUT2D eigenvalue weighted by Gasteiger charge is 2.19. The van der Waals surface area contributed by atoms with Gasteiger partial charge in [0.25, 0.3) is 0 Å². The molecule has 1 heterocycles. The Hall–Kier alpha value is -1.88. The van der Waals surface area contributed by atoms with Gasteiger partial charge in [0.1, 0.15) is 17.9 Å². The molecule has 0 spiro atoms. The van der Waals surface area contributed by atoms with E-state index in [0.29, 0.717) is 0 Å². The maximum atomic E-state index is 5.45. The second-order valence-corrected chi connectivity index (χ2v) is 4.89. The lowest BCUT2D eigenvalue weighted by Crippen LogP contribution is -2.26. The van der Waals surface area contributed by atoms with E-state index in [1.165, 1.54) is 5.56 Å². The Bertz CT molecular complexity index is 552. The Kier molecular flexibility index (Phi) is 4.74. The van der Waals surface area contributed by atoms with Crippen LogP contribution in [-0.4, -0.2) is 21.9 Å². The van der Waals surface area contributed by atoms with Crippen molar-refractivity contribution in [1.82, 2.24) is 20.1 Å². The van der Waals surface area contributed by atoms with Crippen molar-refractivity contribution in [2.45, 2.75) is 32.4 Å². The minimum Gasteiger partial charge on any atom is -0.496 e. The average molecular weight is 274 g/mol. The molecule has 5 heteroatoms. The molecule has 2 aromatic rings. The lowest BCUT2D eigenvalue weighted by Gasteiger charge is -2.23. The Morgan fingerprint density at radius 2 is 2.10 bits per heavy atom. The van der Waals surface area contributed by atoms with Gasteiger partial charge < -0.3 is 14.6 Å². The minimum atomic E-state index is 0.123. The number of hydrogen-bond donors (Lipinski definition) is 1. The lowest BCUT2D eigenvalue weighted by atomic mass is 10.0. The average Bonchev–Trinajstić information content (AvgIpc) is 2.90. The minimum absolute atomic E-state index is 0.123. The third-order valence-electron chi connectivity index (χ3n) is 3.51. The van der Waals surface area contributed by atoms with Crippen molar-refractivity contribution in [3.8, 4) is 5.75 Å². The van der Waals surface area contributed by atoms with Gasteiger partial charge in [0, 0.05) is 18.7 Å². The largest absolute Gasteiger partial charge is 0.496 e. The molecule has 0 bridgehead atoms. The number of methoxy groups -OCH3 is 1.